The van der Waals surface area contributed by atoms with Crippen molar-refractivity contribution in [2.24, 2.45) is 0 Å². The highest BCUT2D eigenvalue weighted by Crippen LogP contribution is 2.19. The van der Waals surface area contributed by atoms with Crippen LogP contribution in [0, 0.1) is 0 Å². The molecule has 0 radical (unpaired) electrons. The van der Waals surface area contributed by atoms with E-state index in [4.69, 9.17) is 4.74 Å². The van der Waals surface area contributed by atoms with Crippen molar-refractivity contribution < 1.29 is 9.53 Å². The maximum atomic E-state index is 11.8. The molecule has 2 aromatic rings. The highest BCUT2D eigenvalue weighted by molar-refractivity contribution is 6.21. The van der Waals surface area contributed by atoms with E-state index in [2.05, 4.69) is 4.98 Å². The number of rotatable bonds is 3. The molecule has 1 heterocycles. The molecule has 3 nitrogen and oxygen atoms in total. The number of hydrogen-bond donors (Lipinski definition) is 0. The van der Waals surface area contributed by atoms with E-state index < -0.39 is 0 Å². The zero-order valence-corrected chi connectivity index (χ0v) is 10.0. The molecule has 0 aliphatic rings. The van der Waals surface area contributed by atoms with Crippen LogP contribution < -0.4 is 0 Å². The van der Waals surface area contributed by atoms with Crippen molar-refractivity contribution in [3.63, 3.8) is 0 Å². The zero-order valence-electron chi connectivity index (χ0n) is 10.0. The van der Waals surface area contributed by atoms with Crippen LogP contribution in [0.15, 0.2) is 54.9 Å². The van der Waals surface area contributed by atoms with E-state index in [1.54, 1.807) is 18.5 Å². The second kappa shape index (κ2) is 5.77. The van der Waals surface area contributed by atoms with E-state index >= 15 is 0 Å². The van der Waals surface area contributed by atoms with Gasteiger partial charge in [0.25, 0.3) is 0 Å². The van der Waals surface area contributed by atoms with E-state index in [0.717, 1.165) is 11.1 Å². The first-order chi connectivity index (χ1) is 8.81. The van der Waals surface area contributed by atoms with Gasteiger partial charge in [0.1, 0.15) is 0 Å². The third-order valence-electron chi connectivity index (χ3n) is 2.51. The highest BCUT2D eigenvalue weighted by atomic mass is 16.5. The van der Waals surface area contributed by atoms with Crippen LogP contribution in [0.5, 0.6) is 0 Å². The van der Waals surface area contributed by atoms with Gasteiger partial charge in [-0.3, -0.25) is 4.98 Å². The van der Waals surface area contributed by atoms with E-state index in [1.165, 1.54) is 7.11 Å². The second-order valence-electron chi connectivity index (χ2n) is 3.70. The molecule has 18 heavy (non-hydrogen) atoms. The predicted octanol–water partition coefficient (Wildman–Crippen LogP) is 2.80. The normalized spacial score (nSPS) is 11.1. The molecule has 0 aliphatic heterocycles. The Kier molecular flexibility index (Phi) is 3.86. The number of ether oxygens (including phenoxy) is 1. The molecule has 2 rings (SSSR count). The number of hydrogen-bond acceptors (Lipinski definition) is 3. The van der Waals surface area contributed by atoms with E-state index in [9.17, 15) is 4.79 Å². The molecule has 0 spiro atoms. The van der Waals surface area contributed by atoms with Crippen molar-refractivity contribution in [1.82, 2.24) is 4.98 Å². The molecule has 1 aromatic carbocycles. The maximum absolute atomic E-state index is 11.8. The Morgan fingerprint density at radius 1 is 1.11 bits per heavy atom. The van der Waals surface area contributed by atoms with Gasteiger partial charge in [-0.1, -0.05) is 30.3 Å². The van der Waals surface area contributed by atoms with Crippen LogP contribution in [-0.2, 0) is 9.53 Å². The number of carbonyl (C=O) groups excluding carboxylic acids is 1. The third-order valence-corrected chi connectivity index (χ3v) is 2.51. The van der Waals surface area contributed by atoms with Crippen LogP contribution in [-0.4, -0.2) is 18.1 Å². The van der Waals surface area contributed by atoms with E-state index in [-0.39, 0.29) is 5.97 Å². The Morgan fingerprint density at radius 2 is 1.78 bits per heavy atom. The summed E-state index contributed by atoms with van der Waals surface area (Å²) in [6, 6.07) is 13.1. The summed E-state index contributed by atoms with van der Waals surface area (Å²) in [5.41, 5.74) is 2.28. The zero-order chi connectivity index (χ0) is 12.8. The minimum absolute atomic E-state index is 0.349. The molecule has 0 bridgehead atoms. The summed E-state index contributed by atoms with van der Waals surface area (Å²) >= 11 is 0. The first kappa shape index (κ1) is 12.0. The molecular formula is C15H13NO2. The lowest BCUT2D eigenvalue weighted by Crippen LogP contribution is -2.03. The largest absolute Gasteiger partial charge is 0.465 e. The molecule has 3 heteroatoms. The first-order valence-electron chi connectivity index (χ1n) is 5.56. The smallest absolute Gasteiger partial charge is 0.338 e. The number of methoxy groups -OCH3 is 1. The van der Waals surface area contributed by atoms with Gasteiger partial charge in [-0.05, 0) is 29.3 Å². The van der Waals surface area contributed by atoms with E-state index in [0.29, 0.717) is 5.57 Å². The predicted molar refractivity (Wildman–Crippen MR) is 70.6 cm³/mol. The molecule has 0 unspecified atom stereocenters. The van der Waals surface area contributed by atoms with Crippen LogP contribution in [0.4, 0.5) is 0 Å². The fourth-order valence-corrected chi connectivity index (χ4v) is 1.61. The van der Waals surface area contributed by atoms with Crippen LogP contribution >= 0.6 is 0 Å². The van der Waals surface area contributed by atoms with Gasteiger partial charge in [0.15, 0.2) is 0 Å². The lowest BCUT2D eigenvalue weighted by atomic mass is 10.0. The van der Waals surface area contributed by atoms with Crippen molar-refractivity contribution in [1.29, 1.82) is 0 Å². The Balaban J connectivity index is 2.44. The number of nitrogens with zero attached hydrogens (tertiary/aromatic N) is 1. The Bertz CT molecular complexity index is 547. The number of esters is 1. The number of carbonyl (C=O) groups is 1. The molecular weight excluding hydrogens is 226 g/mol. The molecule has 0 saturated carbocycles. The van der Waals surface area contributed by atoms with Crippen LogP contribution in [0.3, 0.4) is 0 Å². The minimum atomic E-state index is -0.349. The number of aromatic nitrogens is 1. The monoisotopic (exact) mass is 239 g/mol. The number of pyridine rings is 1. The van der Waals surface area contributed by atoms with Crippen molar-refractivity contribution in [2.45, 2.75) is 0 Å². The van der Waals surface area contributed by atoms with Gasteiger partial charge in [-0.15, -0.1) is 0 Å². The molecule has 0 aliphatic carbocycles. The maximum Gasteiger partial charge on any atom is 0.338 e. The highest BCUT2D eigenvalue weighted by Gasteiger charge is 2.11. The van der Waals surface area contributed by atoms with Gasteiger partial charge in [-0.25, -0.2) is 4.79 Å². The van der Waals surface area contributed by atoms with Crippen molar-refractivity contribution in [2.75, 3.05) is 7.11 Å². The van der Waals surface area contributed by atoms with Crippen LogP contribution in [0.1, 0.15) is 11.1 Å². The fraction of sp³-hybridized carbons (Fsp3) is 0.0667. The third kappa shape index (κ3) is 2.83. The summed E-state index contributed by atoms with van der Waals surface area (Å²) in [6.07, 6.45) is 5.17. The summed E-state index contributed by atoms with van der Waals surface area (Å²) in [6.45, 7) is 0. The van der Waals surface area contributed by atoms with Crippen LogP contribution in [0.25, 0.3) is 11.6 Å². The molecule has 0 saturated heterocycles. The quantitative estimate of drug-likeness (QED) is 0.610. The average molecular weight is 239 g/mol. The second-order valence-corrected chi connectivity index (χ2v) is 3.70. The molecule has 1 aromatic heterocycles. The Hall–Kier alpha value is -2.42. The van der Waals surface area contributed by atoms with Gasteiger partial charge in [-0.2, -0.15) is 0 Å². The molecule has 90 valence electrons. The lowest BCUT2D eigenvalue weighted by Gasteiger charge is -2.05. The summed E-state index contributed by atoms with van der Waals surface area (Å²) in [7, 11) is 1.38. The summed E-state index contributed by atoms with van der Waals surface area (Å²) in [5, 5.41) is 0. The Morgan fingerprint density at radius 3 is 2.39 bits per heavy atom. The van der Waals surface area contributed by atoms with Gasteiger partial charge in [0.05, 0.1) is 12.7 Å². The fourth-order valence-electron chi connectivity index (χ4n) is 1.61. The molecule has 0 amide bonds. The minimum Gasteiger partial charge on any atom is -0.465 e. The topological polar surface area (TPSA) is 39.2 Å². The van der Waals surface area contributed by atoms with Gasteiger partial charge in [0, 0.05) is 12.4 Å². The van der Waals surface area contributed by atoms with Crippen LogP contribution in [0.2, 0.25) is 0 Å². The van der Waals surface area contributed by atoms with Gasteiger partial charge < -0.3 is 4.74 Å². The lowest BCUT2D eigenvalue weighted by molar-refractivity contribution is -0.133. The van der Waals surface area contributed by atoms with Gasteiger partial charge >= 0.3 is 5.97 Å². The summed E-state index contributed by atoms with van der Waals surface area (Å²) < 4.78 is 4.82. The van der Waals surface area contributed by atoms with Crippen molar-refractivity contribution in [3.05, 3.63) is 66.0 Å². The van der Waals surface area contributed by atoms with Gasteiger partial charge in [0.2, 0.25) is 0 Å². The molecule has 0 atom stereocenters. The SMILES string of the molecule is COC(=O)/C(=C/c1ccncc1)c1ccccc1. The first-order valence-corrected chi connectivity index (χ1v) is 5.56. The van der Waals surface area contributed by atoms with E-state index in [1.807, 2.05) is 42.5 Å². The number of benzene rings is 1. The van der Waals surface area contributed by atoms with Crippen molar-refractivity contribution >= 4 is 17.6 Å². The Labute approximate surface area is 106 Å². The van der Waals surface area contributed by atoms with Crippen molar-refractivity contribution in [3.8, 4) is 0 Å². The molecule has 0 fully saturated rings. The molecule has 0 N–H and O–H groups in total. The summed E-state index contributed by atoms with van der Waals surface area (Å²) in [4.78, 5) is 15.8. The average Bonchev–Trinajstić information content (AvgIpc) is 2.46. The standard InChI is InChI=1S/C15H13NO2/c1-18-15(17)14(13-5-3-2-4-6-13)11-12-7-9-16-10-8-12/h2-11H,1H3/b14-11+. The summed E-state index contributed by atoms with van der Waals surface area (Å²) in [5.74, 6) is -0.349.